The molecule has 5 heteroatoms. The van der Waals surface area contributed by atoms with Crippen molar-refractivity contribution < 1.29 is 4.39 Å². The molecule has 0 spiro atoms. The quantitative estimate of drug-likeness (QED) is 0.843. The molecule has 20 heavy (non-hydrogen) atoms. The highest BCUT2D eigenvalue weighted by atomic mass is 35.5. The fourth-order valence-electron chi connectivity index (χ4n) is 2.02. The summed E-state index contributed by atoms with van der Waals surface area (Å²) >= 11 is 7.46. The Labute approximate surface area is 128 Å². The van der Waals surface area contributed by atoms with Crippen LogP contribution in [0, 0.1) is 12.7 Å². The maximum absolute atomic E-state index is 13.2. The minimum atomic E-state index is -0.401. The molecule has 0 saturated carbocycles. The van der Waals surface area contributed by atoms with Gasteiger partial charge in [-0.15, -0.1) is 11.3 Å². The van der Waals surface area contributed by atoms with Crippen LogP contribution in [0.5, 0.6) is 0 Å². The Kier molecular flexibility index (Phi) is 5.13. The van der Waals surface area contributed by atoms with Crippen LogP contribution in [0.25, 0.3) is 10.6 Å². The number of rotatable bonds is 5. The summed E-state index contributed by atoms with van der Waals surface area (Å²) < 4.78 is 13.2. The number of benzene rings is 1. The van der Waals surface area contributed by atoms with E-state index in [1.54, 1.807) is 23.5 Å². The average molecular weight is 313 g/mol. The average Bonchev–Trinajstić information content (AvgIpc) is 2.81. The van der Waals surface area contributed by atoms with Gasteiger partial charge in [0.15, 0.2) is 0 Å². The van der Waals surface area contributed by atoms with Crippen LogP contribution in [-0.4, -0.2) is 11.5 Å². The summed E-state index contributed by atoms with van der Waals surface area (Å²) in [6.45, 7) is 7.27. The van der Waals surface area contributed by atoms with Crippen LogP contribution in [0.1, 0.15) is 36.9 Å². The van der Waals surface area contributed by atoms with E-state index in [1.807, 2.05) is 6.92 Å². The first-order chi connectivity index (χ1) is 9.52. The third kappa shape index (κ3) is 3.37. The van der Waals surface area contributed by atoms with Crippen LogP contribution < -0.4 is 5.32 Å². The summed E-state index contributed by atoms with van der Waals surface area (Å²) in [6.07, 6.45) is 1.10. The number of aryl methyl sites for hydroxylation is 1. The summed E-state index contributed by atoms with van der Waals surface area (Å²) in [6, 6.07) is 5.00. The number of halogens is 2. The van der Waals surface area contributed by atoms with Crippen molar-refractivity contribution in [2.24, 2.45) is 0 Å². The van der Waals surface area contributed by atoms with Gasteiger partial charge in [-0.3, -0.25) is 0 Å². The molecule has 0 fully saturated rings. The zero-order valence-electron chi connectivity index (χ0n) is 11.8. The SMILES string of the molecule is CCCNC(C)c1sc(-c2ccc(F)c(Cl)c2)nc1C. The van der Waals surface area contributed by atoms with Gasteiger partial charge in [-0.05, 0) is 45.0 Å². The standard InChI is InChI=1S/C15H18ClFN2S/c1-4-7-18-9(2)14-10(3)19-15(20-14)11-5-6-13(17)12(16)8-11/h5-6,8-9,18H,4,7H2,1-3H3. The molecule has 2 aromatic rings. The monoisotopic (exact) mass is 312 g/mol. The van der Waals surface area contributed by atoms with Crippen LogP contribution in [0.4, 0.5) is 4.39 Å². The van der Waals surface area contributed by atoms with E-state index in [2.05, 4.69) is 24.1 Å². The van der Waals surface area contributed by atoms with E-state index in [9.17, 15) is 4.39 Å². The van der Waals surface area contributed by atoms with Gasteiger partial charge in [-0.2, -0.15) is 0 Å². The molecule has 0 saturated heterocycles. The molecule has 0 bridgehead atoms. The van der Waals surface area contributed by atoms with E-state index in [1.165, 1.54) is 10.9 Å². The Hall–Kier alpha value is -0.970. The second kappa shape index (κ2) is 6.66. The lowest BCUT2D eigenvalue weighted by Gasteiger charge is -2.11. The van der Waals surface area contributed by atoms with E-state index in [-0.39, 0.29) is 11.1 Å². The van der Waals surface area contributed by atoms with E-state index >= 15 is 0 Å². The van der Waals surface area contributed by atoms with Gasteiger partial charge in [0.05, 0.1) is 10.7 Å². The van der Waals surface area contributed by atoms with Gasteiger partial charge in [0.2, 0.25) is 0 Å². The Morgan fingerprint density at radius 3 is 2.85 bits per heavy atom. The number of nitrogens with one attached hydrogen (secondary N) is 1. The molecule has 0 amide bonds. The van der Waals surface area contributed by atoms with Crippen LogP contribution in [0.15, 0.2) is 18.2 Å². The summed E-state index contributed by atoms with van der Waals surface area (Å²) in [4.78, 5) is 5.79. The van der Waals surface area contributed by atoms with Gasteiger partial charge in [0.1, 0.15) is 10.8 Å². The molecule has 1 unspecified atom stereocenters. The van der Waals surface area contributed by atoms with Crippen molar-refractivity contribution in [1.82, 2.24) is 10.3 Å². The summed E-state index contributed by atoms with van der Waals surface area (Å²) in [5, 5.41) is 4.47. The number of aromatic nitrogens is 1. The highest BCUT2D eigenvalue weighted by Crippen LogP contribution is 2.33. The fraction of sp³-hybridized carbons (Fsp3) is 0.400. The first-order valence-electron chi connectivity index (χ1n) is 6.69. The van der Waals surface area contributed by atoms with E-state index in [4.69, 9.17) is 11.6 Å². The van der Waals surface area contributed by atoms with E-state index in [0.29, 0.717) is 0 Å². The fourth-order valence-corrected chi connectivity index (χ4v) is 3.29. The van der Waals surface area contributed by atoms with Crippen molar-refractivity contribution in [1.29, 1.82) is 0 Å². The summed E-state index contributed by atoms with van der Waals surface area (Å²) in [7, 11) is 0. The predicted octanol–water partition coefficient (Wildman–Crippen LogP) is 4.97. The topological polar surface area (TPSA) is 24.9 Å². The van der Waals surface area contributed by atoms with Crippen LogP contribution in [0.3, 0.4) is 0 Å². The normalized spacial score (nSPS) is 12.7. The number of thiazole rings is 1. The number of hydrogen-bond acceptors (Lipinski definition) is 3. The maximum Gasteiger partial charge on any atom is 0.141 e. The summed E-state index contributed by atoms with van der Waals surface area (Å²) in [5.41, 5.74) is 1.87. The Morgan fingerprint density at radius 2 is 2.20 bits per heavy atom. The van der Waals surface area contributed by atoms with Crippen molar-refractivity contribution in [2.75, 3.05) is 6.54 Å². The van der Waals surface area contributed by atoms with Crippen molar-refractivity contribution in [3.63, 3.8) is 0 Å². The van der Waals surface area contributed by atoms with Gasteiger partial charge in [0, 0.05) is 16.5 Å². The highest BCUT2D eigenvalue weighted by Gasteiger charge is 2.15. The molecule has 108 valence electrons. The largest absolute Gasteiger partial charge is 0.309 e. The second-order valence-electron chi connectivity index (χ2n) is 4.77. The lowest BCUT2D eigenvalue weighted by molar-refractivity contribution is 0.575. The molecular weight excluding hydrogens is 295 g/mol. The van der Waals surface area contributed by atoms with Crippen LogP contribution >= 0.6 is 22.9 Å². The third-order valence-electron chi connectivity index (χ3n) is 3.09. The molecule has 0 aliphatic rings. The Bertz CT molecular complexity index is 598. The molecule has 1 heterocycles. The van der Waals surface area contributed by atoms with Crippen molar-refractivity contribution >= 4 is 22.9 Å². The van der Waals surface area contributed by atoms with Crippen molar-refractivity contribution in [3.05, 3.63) is 39.6 Å². The molecule has 0 radical (unpaired) electrons. The lowest BCUT2D eigenvalue weighted by Crippen LogP contribution is -2.18. The molecule has 0 aliphatic heterocycles. The van der Waals surface area contributed by atoms with Crippen LogP contribution in [0.2, 0.25) is 5.02 Å². The number of nitrogens with zero attached hydrogens (tertiary/aromatic N) is 1. The van der Waals surface area contributed by atoms with Gasteiger partial charge in [-0.25, -0.2) is 9.37 Å². The molecule has 1 aromatic heterocycles. The summed E-state index contributed by atoms with van der Waals surface area (Å²) in [5.74, 6) is -0.401. The van der Waals surface area contributed by atoms with Gasteiger partial charge < -0.3 is 5.32 Å². The maximum atomic E-state index is 13.2. The zero-order chi connectivity index (χ0) is 14.7. The smallest absolute Gasteiger partial charge is 0.141 e. The molecule has 1 N–H and O–H groups in total. The first kappa shape index (κ1) is 15.4. The van der Waals surface area contributed by atoms with Crippen molar-refractivity contribution in [3.8, 4) is 10.6 Å². The molecule has 2 rings (SSSR count). The molecule has 0 aliphatic carbocycles. The molecule has 1 aromatic carbocycles. The van der Waals surface area contributed by atoms with Gasteiger partial charge in [0.25, 0.3) is 0 Å². The highest BCUT2D eigenvalue weighted by molar-refractivity contribution is 7.15. The van der Waals surface area contributed by atoms with Gasteiger partial charge >= 0.3 is 0 Å². The molecule has 1 atom stereocenters. The minimum absolute atomic E-state index is 0.133. The van der Waals surface area contributed by atoms with E-state index in [0.717, 1.165) is 29.2 Å². The van der Waals surface area contributed by atoms with E-state index < -0.39 is 5.82 Å². The zero-order valence-corrected chi connectivity index (χ0v) is 13.4. The number of hydrogen-bond donors (Lipinski definition) is 1. The Balaban J connectivity index is 2.28. The molecule has 2 nitrogen and oxygen atoms in total. The minimum Gasteiger partial charge on any atom is -0.309 e. The predicted molar refractivity (Wildman–Crippen MR) is 84.0 cm³/mol. The van der Waals surface area contributed by atoms with Crippen molar-refractivity contribution in [2.45, 2.75) is 33.2 Å². The molecular formula is C15H18ClFN2S. The van der Waals surface area contributed by atoms with Crippen LogP contribution in [-0.2, 0) is 0 Å². The Morgan fingerprint density at radius 1 is 1.45 bits per heavy atom. The lowest BCUT2D eigenvalue weighted by atomic mass is 10.2. The third-order valence-corrected chi connectivity index (χ3v) is 4.77. The second-order valence-corrected chi connectivity index (χ2v) is 6.21. The van der Waals surface area contributed by atoms with Gasteiger partial charge in [-0.1, -0.05) is 18.5 Å². The first-order valence-corrected chi connectivity index (χ1v) is 7.88.